The van der Waals surface area contributed by atoms with Crippen molar-refractivity contribution in [3.63, 3.8) is 0 Å². The van der Waals surface area contributed by atoms with Crippen LogP contribution in [0.25, 0.3) is 0 Å². The SMILES string of the molecule is CCCC[Si](O)(CCCC)CCCC.CCCC[Si](O)(CCCC)CCCC.CCCC[Si](O)(CCCC)CCCC.CCCC[Si](O)(CCCC)CCCC.[Zr]. The van der Waals surface area contributed by atoms with E-state index in [1.807, 2.05) is 0 Å². The van der Waals surface area contributed by atoms with Crippen LogP contribution in [0.15, 0.2) is 0 Å². The Hall–Kier alpha value is 1.59. The van der Waals surface area contributed by atoms with Gasteiger partial charge in [0.2, 0.25) is 0 Å². The summed E-state index contributed by atoms with van der Waals surface area (Å²) in [6, 6.07) is 13.7. The van der Waals surface area contributed by atoms with Gasteiger partial charge in [-0.15, -0.1) is 0 Å². The van der Waals surface area contributed by atoms with Gasteiger partial charge < -0.3 is 19.2 Å². The molecule has 0 aromatic heterocycles. The zero-order valence-electron chi connectivity index (χ0n) is 41.7. The smallest absolute Gasteiger partial charge is 0.188 e. The predicted octanol–water partition coefficient (Wildman–Crippen LogP) is 17.3. The van der Waals surface area contributed by atoms with E-state index in [-0.39, 0.29) is 26.2 Å². The molecule has 0 unspecified atom stereocenters. The van der Waals surface area contributed by atoms with Crippen LogP contribution in [0.3, 0.4) is 0 Å². The second-order valence-corrected chi connectivity index (χ2v) is 33.9. The Morgan fingerprint density at radius 2 is 0.263 bits per heavy atom. The largest absolute Gasteiger partial charge is 0.432 e. The molecule has 0 radical (unpaired) electrons. The number of hydrogen-bond donors (Lipinski definition) is 4. The van der Waals surface area contributed by atoms with E-state index in [9.17, 15) is 19.2 Å². The van der Waals surface area contributed by atoms with E-state index >= 15 is 0 Å². The van der Waals surface area contributed by atoms with E-state index in [1.165, 1.54) is 154 Å². The van der Waals surface area contributed by atoms with Crippen molar-refractivity contribution in [1.82, 2.24) is 0 Å². The van der Waals surface area contributed by atoms with Crippen LogP contribution >= 0.6 is 0 Å². The van der Waals surface area contributed by atoms with Crippen LogP contribution < -0.4 is 0 Å². The Kier molecular flexibility index (Phi) is 57.7. The Morgan fingerprint density at radius 3 is 0.316 bits per heavy atom. The molecular formula is C48H112O4Si4Zr. The van der Waals surface area contributed by atoms with Gasteiger partial charge >= 0.3 is 0 Å². The third-order valence-electron chi connectivity index (χ3n) is 11.9. The molecule has 0 aromatic carbocycles. The van der Waals surface area contributed by atoms with Gasteiger partial charge in [-0.2, -0.15) is 0 Å². The molecule has 0 aliphatic rings. The molecule has 0 rings (SSSR count). The van der Waals surface area contributed by atoms with Gasteiger partial charge in [-0.05, 0) is 72.5 Å². The maximum absolute atomic E-state index is 10.5. The number of unbranched alkanes of at least 4 members (excludes halogenated alkanes) is 12. The predicted molar refractivity (Wildman–Crippen MR) is 268 cm³/mol. The molecule has 0 heterocycles. The minimum Gasteiger partial charge on any atom is -0.432 e. The summed E-state index contributed by atoms with van der Waals surface area (Å²) in [6.45, 7) is 26.6. The van der Waals surface area contributed by atoms with Crippen LogP contribution in [0, 0.1) is 0 Å². The molecule has 0 spiro atoms. The first-order valence-corrected chi connectivity index (χ1v) is 35.9. The Morgan fingerprint density at radius 1 is 0.193 bits per heavy atom. The minimum atomic E-state index is -1.81. The van der Waals surface area contributed by atoms with Crippen molar-refractivity contribution in [2.75, 3.05) is 0 Å². The van der Waals surface area contributed by atoms with Crippen LogP contribution in [-0.4, -0.2) is 52.5 Å². The molecule has 348 valence electrons. The number of hydrogen-bond acceptors (Lipinski definition) is 4. The zero-order valence-corrected chi connectivity index (χ0v) is 48.2. The minimum absolute atomic E-state index is 0. The van der Waals surface area contributed by atoms with E-state index in [1.54, 1.807) is 0 Å². The topological polar surface area (TPSA) is 80.9 Å². The van der Waals surface area contributed by atoms with Crippen LogP contribution in [0.4, 0.5) is 0 Å². The van der Waals surface area contributed by atoms with Crippen LogP contribution in [0.2, 0.25) is 72.5 Å². The van der Waals surface area contributed by atoms with Gasteiger partial charge in [-0.25, -0.2) is 0 Å². The second-order valence-electron chi connectivity index (χ2n) is 18.1. The summed E-state index contributed by atoms with van der Waals surface area (Å²) in [5, 5.41) is 0. The second kappa shape index (κ2) is 48.6. The zero-order chi connectivity index (χ0) is 43.5. The molecule has 4 nitrogen and oxygen atoms in total. The summed E-state index contributed by atoms with van der Waals surface area (Å²) >= 11 is 0. The average molecular weight is 957 g/mol. The fraction of sp³-hybridized carbons (Fsp3) is 1.00. The summed E-state index contributed by atoms with van der Waals surface area (Å²) in [5.74, 6) is 0. The van der Waals surface area contributed by atoms with Crippen LogP contribution in [0.5, 0.6) is 0 Å². The fourth-order valence-corrected chi connectivity index (χ4v) is 22.7. The normalized spacial score (nSPS) is 11.8. The molecule has 0 aliphatic heterocycles. The van der Waals surface area contributed by atoms with Crippen molar-refractivity contribution in [2.45, 2.75) is 310 Å². The summed E-state index contributed by atoms with van der Waals surface area (Å²) in [5.41, 5.74) is 0. The molecule has 0 saturated carbocycles. The molecular weight excluding hydrogens is 844 g/mol. The third-order valence-corrected chi connectivity index (χ3v) is 27.4. The van der Waals surface area contributed by atoms with E-state index < -0.39 is 33.3 Å². The molecule has 57 heavy (non-hydrogen) atoms. The van der Waals surface area contributed by atoms with Crippen molar-refractivity contribution in [1.29, 1.82) is 0 Å². The van der Waals surface area contributed by atoms with Gasteiger partial charge in [0.15, 0.2) is 33.3 Å². The van der Waals surface area contributed by atoms with Crippen molar-refractivity contribution in [3.8, 4) is 0 Å². The molecule has 9 heteroatoms. The van der Waals surface area contributed by atoms with E-state index in [4.69, 9.17) is 0 Å². The Bertz CT molecular complexity index is 542. The molecule has 0 amide bonds. The summed E-state index contributed by atoms with van der Waals surface area (Å²) in [7, 11) is -7.25. The van der Waals surface area contributed by atoms with E-state index in [0.717, 1.165) is 72.5 Å². The first-order valence-electron chi connectivity index (χ1n) is 25.6. The van der Waals surface area contributed by atoms with E-state index in [2.05, 4.69) is 83.1 Å². The van der Waals surface area contributed by atoms with E-state index in [0.29, 0.717) is 0 Å². The van der Waals surface area contributed by atoms with Crippen LogP contribution in [0.1, 0.15) is 237 Å². The Labute approximate surface area is 385 Å². The summed E-state index contributed by atoms with van der Waals surface area (Å²) in [6.07, 6.45) is 29.5. The van der Waals surface area contributed by atoms with Gasteiger partial charge in [-0.1, -0.05) is 237 Å². The maximum Gasteiger partial charge on any atom is 0.188 e. The first kappa shape index (κ1) is 67.7. The first-order chi connectivity index (χ1) is 26.7. The molecule has 0 saturated heterocycles. The van der Waals surface area contributed by atoms with Gasteiger partial charge in [0.05, 0.1) is 0 Å². The van der Waals surface area contributed by atoms with Crippen molar-refractivity contribution >= 4 is 33.3 Å². The number of rotatable bonds is 36. The average Bonchev–Trinajstić information content (AvgIpc) is 3.21. The van der Waals surface area contributed by atoms with Crippen molar-refractivity contribution < 1.29 is 45.4 Å². The van der Waals surface area contributed by atoms with Gasteiger partial charge in [0.25, 0.3) is 0 Å². The standard InChI is InChI=1S/4C12H28OSi.Zr/c4*1-4-7-10-14(13,11-8-5-2)12-9-6-3;/h4*13H,4-12H2,1-3H3;. The summed E-state index contributed by atoms with van der Waals surface area (Å²) in [4.78, 5) is 42.2. The van der Waals surface area contributed by atoms with Crippen molar-refractivity contribution in [2.24, 2.45) is 0 Å². The van der Waals surface area contributed by atoms with Crippen molar-refractivity contribution in [3.05, 3.63) is 0 Å². The van der Waals surface area contributed by atoms with Gasteiger partial charge in [0.1, 0.15) is 0 Å². The molecule has 4 N–H and O–H groups in total. The summed E-state index contributed by atoms with van der Waals surface area (Å²) < 4.78 is 0. The van der Waals surface area contributed by atoms with Crippen LogP contribution in [-0.2, 0) is 26.2 Å². The molecule has 0 bridgehead atoms. The molecule has 0 aliphatic carbocycles. The monoisotopic (exact) mass is 955 g/mol. The Balaban J connectivity index is -0.000000210. The maximum atomic E-state index is 10.5. The van der Waals surface area contributed by atoms with Gasteiger partial charge in [-0.3, -0.25) is 0 Å². The fourth-order valence-electron chi connectivity index (χ4n) is 7.57. The quantitative estimate of drug-likeness (QED) is 0.0472. The molecule has 0 fully saturated rings. The molecule has 0 atom stereocenters. The van der Waals surface area contributed by atoms with Gasteiger partial charge in [0, 0.05) is 26.2 Å². The molecule has 0 aromatic rings. The third kappa shape index (κ3) is 46.9.